The zero-order chi connectivity index (χ0) is 16.8. The first-order valence-electron chi connectivity index (χ1n) is 6.67. The van der Waals surface area contributed by atoms with Gasteiger partial charge in [-0.25, -0.2) is 4.79 Å². The number of halogens is 1. The number of methoxy groups -OCH3 is 1. The average Bonchev–Trinajstić information content (AvgIpc) is 2.55. The lowest BCUT2D eigenvalue weighted by Crippen LogP contribution is -2.21. The predicted octanol–water partition coefficient (Wildman–Crippen LogP) is 2.73. The Morgan fingerprint density at radius 2 is 1.91 bits per heavy atom. The van der Waals surface area contributed by atoms with E-state index in [0.29, 0.717) is 11.4 Å². The van der Waals surface area contributed by atoms with Crippen molar-refractivity contribution in [1.29, 1.82) is 0 Å². The van der Waals surface area contributed by atoms with Crippen molar-refractivity contribution in [2.45, 2.75) is 0 Å². The number of amides is 1. The fraction of sp³-hybridized carbons (Fsp3) is 0.125. The van der Waals surface area contributed by atoms with Crippen LogP contribution in [0.5, 0.6) is 5.75 Å². The van der Waals surface area contributed by atoms with E-state index in [1.54, 1.807) is 36.4 Å². The summed E-state index contributed by atoms with van der Waals surface area (Å²) in [6.45, 7) is -0.456. The van der Waals surface area contributed by atoms with E-state index in [1.807, 2.05) is 0 Å². The highest BCUT2D eigenvalue weighted by molar-refractivity contribution is 6.33. The van der Waals surface area contributed by atoms with Crippen LogP contribution >= 0.6 is 11.6 Å². The number of carbonyl (C=O) groups excluding carboxylic acids is 2. The molecule has 120 valence electrons. The number of rotatable bonds is 5. The fourth-order valence-corrected chi connectivity index (χ4v) is 2.03. The molecule has 0 spiro atoms. The van der Waals surface area contributed by atoms with Gasteiger partial charge in [0.2, 0.25) is 0 Å². The van der Waals surface area contributed by atoms with E-state index < -0.39 is 18.5 Å². The van der Waals surface area contributed by atoms with Crippen molar-refractivity contribution in [1.82, 2.24) is 0 Å². The van der Waals surface area contributed by atoms with Crippen molar-refractivity contribution < 1.29 is 19.1 Å². The number of esters is 1. The monoisotopic (exact) mass is 334 g/mol. The van der Waals surface area contributed by atoms with Gasteiger partial charge in [-0.1, -0.05) is 29.8 Å². The van der Waals surface area contributed by atoms with Crippen molar-refractivity contribution in [2.24, 2.45) is 0 Å². The standard InChI is InChI=1S/C16H15ClN2O4/c1-22-13-8-3-2-7-12(13)19-14(20)9-23-16(21)10-5-4-6-11(17)15(10)18/h2-8H,9,18H2,1H3,(H,19,20). The van der Waals surface area contributed by atoms with Gasteiger partial charge in [0.1, 0.15) is 5.75 Å². The van der Waals surface area contributed by atoms with Crippen LogP contribution in [-0.4, -0.2) is 25.6 Å². The lowest BCUT2D eigenvalue weighted by Gasteiger charge is -2.10. The van der Waals surface area contributed by atoms with Crippen molar-refractivity contribution in [2.75, 3.05) is 24.8 Å². The van der Waals surface area contributed by atoms with E-state index in [1.165, 1.54) is 13.2 Å². The fourth-order valence-electron chi connectivity index (χ4n) is 1.86. The number of para-hydroxylation sites is 3. The third-order valence-corrected chi connectivity index (χ3v) is 3.32. The number of ether oxygens (including phenoxy) is 2. The van der Waals surface area contributed by atoms with Gasteiger partial charge < -0.3 is 20.5 Å². The maximum Gasteiger partial charge on any atom is 0.340 e. The normalized spacial score (nSPS) is 10.0. The maximum absolute atomic E-state index is 11.9. The van der Waals surface area contributed by atoms with Gasteiger partial charge in [-0.15, -0.1) is 0 Å². The first-order valence-corrected chi connectivity index (χ1v) is 7.04. The largest absolute Gasteiger partial charge is 0.495 e. The van der Waals surface area contributed by atoms with Crippen LogP contribution in [0.25, 0.3) is 0 Å². The number of carbonyl (C=O) groups is 2. The lowest BCUT2D eigenvalue weighted by atomic mass is 10.2. The molecule has 2 aromatic carbocycles. The van der Waals surface area contributed by atoms with Crippen LogP contribution < -0.4 is 15.8 Å². The number of benzene rings is 2. The lowest BCUT2D eigenvalue weighted by molar-refractivity contribution is -0.119. The minimum Gasteiger partial charge on any atom is -0.495 e. The molecule has 0 saturated heterocycles. The summed E-state index contributed by atoms with van der Waals surface area (Å²) in [6.07, 6.45) is 0. The van der Waals surface area contributed by atoms with E-state index in [0.717, 1.165) is 0 Å². The average molecular weight is 335 g/mol. The third kappa shape index (κ3) is 4.14. The Balaban J connectivity index is 1.96. The smallest absolute Gasteiger partial charge is 0.340 e. The summed E-state index contributed by atoms with van der Waals surface area (Å²) in [4.78, 5) is 23.8. The third-order valence-electron chi connectivity index (χ3n) is 2.99. The molecule has 23 heavy (non-hydrogen) atoms. The zero-order valence-electron chi connectivity index (χ0n) is 12.3. The van der Waals surface area contributed by atoms with Gasteiger partial charge in [0.15, 0.2) is 6.61 Å². The minimum atomic E-state index is -0.722. The van der Waals surface area contributed by atoms with Gasteiger partial charge in [-0.05, 0) is 24.3 Å². The maximum atomic E-state index is 11.9. The van der Waals surface area contributed by atoms with Gasteiger partial charge in [0.05, 0.1) is 29.1 Å². The first kappa shape index (κ1) is 16.6. The van der Waals surface area contributed by atoms with Crippen LogP contribution in [0.15, 0.2) is 42.5 Å². The highest BCUT2D eigenvalue weighted by Crippen LogP contribution is 2.24. The molecule has 2 rings (SSSR count). The summed E-state index contributed by atoms with van der Waals surface area (Å²) >= 11 is 5.84. The van der Waals surface area contributed by atoms with Crippen molar-refractivity contribution >= 4 is 34.9 Å². The predicted molar refractivity (Wildman–Crippen MR) is 87.8 cm³/mol. The number of nitrogens with two attached hydrogens (primary N) is 1. The van der Waals surface area contributed by atoms with Gasteiger partial charge in [-0.3, -0.25) is 4.79 Å². The van der Waals surface area contributed by atoms with Gasteiger partial charge >= 0.3 is 5.97 Å². The molecule has 0 aliphatic rings. The minimum absolute atomic E-state index is 0.114. The molecule has 0 bridgehead atoms. The van der Waals surface area contributed by atoms with Crippen LogP contribution in [0.4, 0.5) is 11.4 Å². The van der Waals surface area contributed by atoms with E-state index in [-0.39, 0.29) is 16.3 Å². The van der Waals surface area contributed by atoms with E-state index in [9.17, 15) is 9.59 Å². The molecule has 0 saturated carbocycles. The molecule has 3 N–H and O–H groups in total. The van der Waals surface area contributed by atoms with Crippen LogP contribution in [0, 0.1) is 0 Å². The molecule has 7 heteroatoms. The highest BCUT2D eigenvalue weighted by atomic mass is 35.5. The van der Waals surface area contributed by atoms with E-state index in [2.05, 4.69) is 5.32 Å². The second-order valence-corrected chi connectivity index (χ2v) is 4.93. The van der Waals surface area contributed by atoms with E-state index in [4.69, 9.17) is 26.8 Å². The second kappa shape index (κ2) is 7.51. The Morgan fingerprint density at radius 1 is 1.17 bits per heavy atom. The number of hydrogen-bond acceptors (Lipinski definition) is 5. The molecule has 0 aliphatic heterocycles. The van der Waals surface area contributed by atoms with Gasteiger partial charge in [-0.2, -0.15) is 0 Å². The Hall–Kier alpha value is -2.73. The van der Waals surface area contributed by atoms with Crippen molar-refractivity contribution in [3.63, 3.8) is 0 Å². The number of nitrogen functional groups attached to an aromatic ring is 1. The Bertz CT molecular complexity index is 734. The summed E-state index contributed by atoms with van der Waals surface area (Å²) in [7, 11) is 1.49. The molecule has 0 radical (unpaired) electrons. The van der Waals surface area contributed by atoms with Crippen molar-refractivity contribution in [3.8, 4) is 5.75 Å². The van der Waals surface area contributed by atoms with Gasteiger partial charge in [0.25, 0.3) is 5.91 Å². The number of anilines is 2. The molecule has 0 fully saturated rings. The summed E-state index contributed by atoms with van der Waals surface area (Å²) in [5.41, 5.74) is 6.41. The summed E-state index contributed by atoms with van der Waals surface area (Å²) in [5, 5.41) is 2.84. The highest BCUT2D eigenvalue weighted by Gasteiger charge is 2.15. The second-order valence-electron chi connectivity index (χ2n) is 4.53. The van der Waals surface area contributed by atoms with Crippen LogP contribution in [-0.2, 0) is 9.53 Å². The molecule has 0 unspecified atom stereocenters. The molecule has 2 aromatic rings. The molecule has 0 aliphatic carbocycles. The Labute approximate surface area is 138 Å². The van der Waals surface area contributed by atoms with Crippen LogP contribution in [0.3, 0.4) is 0 Å². The molecule has 0 atom stereocenters. The molecule has 0 heterocycles. The summed E-state index contributed by atoms with van der Waals surface area (Å²) in [6, 6.07) is 11.5. The first-order chi connectivity index (χ1) is 11.0. The van der Waals surface area contributed by atoms with Crippen LogP contribution in [0.2, 0.25) is 5.02 Å². The topological polar surface area (TPSA) is 90.6 Å². The molecule has 0 aromatic heterocycles. The molecule has 1 amide bonds. The molecular formula is C16H15ClN2O4. The van der Waals surface area contributed by atoms with Gasteiger partial charge in [0, 0.05) is 0 Å². The van der Waals surface area contributed by atoms with Crippen LogP contribution in [0.1, 0.15) is 10.4 Å². The number of nitrogens with one attached hydrogen (secondary N) is 1. The van der Waals surface area contributed by atoms with E-state index >= 15 is 0 Å². The number of hydrogen-bond donors (Lipinski definition) is 2. The quantitative estimate of drug-likeness (QED) is 0.648. The van der Waals surface area contributed by atoms with Crippen molar-refractivity contribution in [3.05, 3.63) is 53.1 Å². The SMILES string of the molecule is COc1ccccc1NC(=O)COC(=O)c1cccc(Cl)c1N. The molecule has 6 nitrogen and oxygen atoms in total. The molecular weight excluding hydrogens is 320 g/mol. The summed E-state index contributed by atoms with van der Waals surface area (Å²) < 4.78 is 10.1. The zero-order valence-corrected chi connectivity index (χ0v) is 13.1. The Morgan fingerprint density at radius 3 is 2.65 bits per heavy atom. The Kier molecular flexibility index (Phi) is 5.43. The summed E-state index contributed by atoms with van der Waals surface area (Å²) in [5.74, 6) is -0.713.